The Balaban J connectivity index is 2.31. The second-order valence-electron chi connectivity index (χ2n) is 6.10. The molecule has 1 rings (SSSR count). The lowest BCUT2D eigenvalue weighted by Gasteiger charge is -2.33. The number of nitrogens with zero attached hydrogens (tertiary/aromatic N) is 1. The first-order chi connectivity index (χ1) is 7.01. The summed E-state index contributed by atoms with van der Waals surface area (Å²) in [5.74, 6) is 0.876. The van der Waals surface area contributed by atoms with E-state index in [-0.39, 0.29) is 0 Å². The molecule has 2 nitrogen and oxygen atoms in total. The van der Waals surface area contributed by atoms with Crippen LogP contribution in [0.5, 0.6) is 0 Å². The zero-order chi connectivity index (χ0) is 11.3. The summed E-state index contributed by atoms with van der Waals surface area (Å²) in [4.78, 5) is 2.61. The molecule has 2 heteroatoms. The van der Waals surface area contributed by atoms with Gasteiger partial charge in [-0.3, -0.25) is 0 Å². The third-order valence-electron chi connectivity index (χ3n) is 3.06. The van der Waals surface area contributed by atoms with Crippen molar-refractivity contribution in [1.82, 2.24) is 10.2 Å². The molecule has 0 radical (unpaired) electrons. The molecule has 0 aromatic heterocycles. The highest BCUT2D eigenvalue weighted by Gasteiger charge is 2.20. The van der Waals surface area contributed by atoms with Crippen molar-refractivity contribution in [2.24, 2.45) is 11.3 Å². The first-order valence-corrected chi connectivity index (χ1v) is 6.44. The van der Waals surface area contributed by atoms with Gasteiger partial charge in [0.25, 0.3) is 0 Å². The minimum absolute atomic E-state index is 0.429. The largest absolute Gasteiger partial charge is 0.316 e. The van der Waals surface area contributed by atoms with Crippen LogP contribution in [0.4, 0.5) is 0 Å². The van der Waals surface area contributed by atoms with Gasteiger partial charge in [0, 0.05) is 13.1 Å². The van der Waals surface area contributed by atoms with E-state index in [1.54, 1.807) is 0 Å². The van der Waals surface area contributed by atoms with E-state index in [0.717, 1.165) is 5.92 Å². The van der Waals surface area contributed by atoms with Crippen LogP contribution >= 0.6 is 0 Å². The van der Waals surface area contributed by atoms with Gasteiger partial charge in [-0.15, -0.1) is 0 Å². The Morgan fingerprint density at radius 3 is 2.53 bits per heavy atom. The molecule has 1 unspecified atom stereocenters. The van der Waals surface area contributed by atoms with Crippen molar-refractivity contribution < 1.29 is 0 Å². The Morgan fingerprint density at radius 2 is 2.07 bits per heavy atom. The Morgan fingerprint density at radius 1 is 1.33 bits per heavy atom. The molecule has 1 heterocycles. The Hall–Kier alpha value is -0.0800. The maximum absolute atomic E-state index is 3.50. The van der Waals surface area contributed by atoms with Gasteiger partial charge in [0.1, 0.15) is 0 Å². The average Bonchev–Trinajstić information content (AvgIpc) is 2.16. The number of rotatable bonds is 4. The van der Waals surface area contributed by atoms with Crippen LogP contribution in [-0.4, -0.2) is 37.6 Å². The van der Waals surface area contributed by atoms with Crippen LogP contribution in [0.1, 0.15) is 40.5 Å². The number of hydrogen-bond donors (Lipinski definition) is 1. The van der Waals surface area contributed by atoms with Crippen LogP contribution in [0.3, 0.4) is 0 Å². The molecule has 1 aliphatic rings. The van der Waals surface area contributed by atoms with Gasteiger partial charge in [0.15, 0.2) is 0 Å². The number of piperidine rings is 1. The highest BCUT2D eigenvalue weighted by molar-refractivity contribution is 4.75. The molecule has 0 aromatic carbocycles. The van der Waals surface area contributed by atoms with Crippen molar-refractivity contribution in [3.8, 4) is 0 Å². The van der Waals surface area contributed by atoms with Gasteiger partial charge in [-0.25, -0.2) is 0 Å². The Kier molecular flexibility index (Phi) is 5.07. The topological polar surface area (TPSA) is 15.3 Å². The van der Waals surface area contributed by atoms with E-state index in [2.05, 4.69) is 37.9 Å². The Labute approximate surface area is 95.4 Å². The minimum atomic E-state index is 0.429. The predicted octanol–water partition coefficient (Wildman–Crippen LogP) is 2.35. The zero-order valence-corrected chi connectivity index (χ0v) is 11.0. The molecule has 1 fully saturated rings. The van der Waals surface area contributed by atoms with E-state index >= 15 is 0 Å². The molecule has 0 bridgehead atoms. The summed E-state index contributed by atoms with van der Waals surface area (Å²) in [5, 5.41) is 3.50. The van der Waals surface area contributed by atoms with E-state index in [9.17, 15) is 0 Å². The quantitative estimate of drug-likeness (QED) is 0.769. The van der Waals surface area contributed by atoms with Gasteiger partial charge in [0.05, 0.1) is 0 Å². The van der Waals surface area contributed by atoms with Gasteiger partial charge in [-0.1, -0.05) is 27.7 Å². The fraction of sp³-hybridized carbons (Fsp3) is 1.00. The van der Waals surface area contributed by atoms with Crippen LogP contribution < -0.4 is 5.32 Å². The van der Waals surface area contributed by atoms with Crippen molar-refractivity contribution in [3.05, 3.63) is 0 Å². The fourth-order valence-corrected chi connectivity index (χ4v) is 2.42. The summed E-state index contributed by atoms with van der Waals surface area (Å²) >= 11 is 0. The van der Waals surface area contributed by atoms with E-state index in [1.165, 1.54) is 45.6 Å². The maximum Gasteiger partial charge on any atom is 0.00300 e. The first kappa shape index (κ1) is 13.0. The summed E-state index contributed by atoms with van der Waals surface area (Å²) in [6, 6.07) is 0. The molecule has 0 saturated carbocycles. The van der Waals surface area contributed by atoms with Crippen molar-refractivity contribution in [1.29, 1.82) is 0 Å². The highest BCUT2D eigenvalue weighted by atomic mass is 15.1. The van der Waals surface area contributed by atoms with Crippen molar-refractivity contribution in [2.75, 3.05) is 32.7 Å². The summed E-state index contributed by atoms with van der Waals surface area (Å²) < 4.78 is 0. The molecule has 1 N–H and O–H groups in total. The van der Waals surface area contributed by atoms with Gasteiger partial charge in [0.2, 0.25) is 0 Å². The lowest BCUT2D eigenvalue weighted by atomic mass is 9.94. The van der Waals surface area contributed by atoms with E-state index in [1.807, 2.05) is 0 Å². The first-order valence-electron chi connectivity index (χ1n) is 6.44. The predicted molar refractivity (Wildman–Crippen MR) is 67.2 cm³/mol. The van der Waals surface area contributed by atoms with Crippen LogP contribution in [0, 0.1) is 11.3 Å². The van der Waals surface area contributed by atoms with Crippen molar-refractivity contribution in [2.45, 2.75) is 40.5 Å². The second-order valence-corrected chi connectivity index (χ2v) is 6.10. The third-order valence-corrected chi connectivity index (χ3v) is 3.06. The molecule has 0 aliphatic carbocycles. The SMILES string of the molecule is CCN(CC1CCCNC1)CC(C)(C)C. The summed E-state index contributed by atoms with van der Waals surface area (Å²) in [5.41, 5.74) is 0.429. The Bertz CT molecular complexity index is 166. The minimum Gasteiger partial charge on any atom is -0.316 e. The molecule has 0 spiro atoms. The molecule has 1 aliphatic heterocycles. The number of hydrogen-bond acceptors (Lipinski definition) is 2. The van der Waals surface area contributed by atoms with E-state index in [0.29, 0.717) is 5.41 Å². The molecule has 0 amide bonds. The van der Waals surface area contributed by atoms with Gasteiger partial charge < -0.3 is 10.2 Å². The second kappa shape index (κ2) is 5.86. The van der Waals surface area contributed by atoms with Gasteiger partial charge >= 0.3 is 0 Å². The molecule has 0 aromatic rings. The molecule has 1 saturated heterocycles. The van der Waals surface area contributed by atoms with Gasteiger partial charge in [-0.05, 0) is 43.8 Å². The zero-order valence-electron chi connectivity index (χ0n) is 11.0. The summed E-state index contributed by atoms with van der Waals surface area (Å²) in [6.45, 7) is 15.4. The monoisotopic (exact) mass is 212 g/mol. The van der Waals surface area contributed by atoms with E-state index in [4.69, 9.17) is 0 Å². The lowest BCUT2D eigenvalue weighted by Crippen LogP contribution is -2.41. The summed E-state index contributed by atoms with van der Waals surface area (Å²) in [7, 11) is 0. The molecule has 90 valence electrons. The number of nitrogens with one attached hydrogen (secondary N) is 1. The maximum atomic E-state index is 3.50. The smallest absolute Gasteiger partial charge is 0.00300 e. The molecule has 15 heavy (non-hydrogen) atoms. The van der Waals surface area contributed by atoms with Crippen molar-refractivity contribution in [3.63, 3.8) is 0 Å². The van der Waals surface area contributed by atoms with Gasteiger partial charge in [-0.2, -0.15) is 0 Å². The normalized spacial score (nSPS) is 23.4. The van der Waals surface area contributed by atoms with Crippen LogP contribution in [0.15, 0.2) is 0 Å². The van der Waals surface area contributed by atoms with Crippen molar-refractivity contribution >= 4 is 0 Å². The van der Waals surface area contributed by atoms with Crippen LogP contribution in [0.25, 0.3) is 0 Å². The third kappa shape index (κ3) is 5.53. The molecular weight excluding hydrogens is 184 g/mol. The fourth-order valence-electron chi connectivity index (χ4n) is 2.42. The average molecular weight is 212 g/mol. The lowest BCUT2D eigenvalue weighted by molar-refractivity contribution is 0.162. The van der Waals surface area contributed by atoms with Crippen LogP contribution in [0.2, 0.25) is 0 Å². The standard InChI is InChI=1S/C13H28N2/c1-5-15(11-13(2,3)4)10-12-7-6-8-14-9-12/h12,14H,5-11H2,1-4H3. The highest BCUT2D eigenvalue weighted by Crippen LogP contribution is 2.18. The van der Waals surface area contributed by atoms with E-state index < -0.39 is 0 Å². The summed E-state index contributed by atoms with van der Waals surface area (Å²) in [6.07, 6.45) is 2.77. The molecule has 1 atom stereocenters. The van der Waals surface area contributed by atoms with Crippen LogP contribution in [-0.2, 0) is 0 Å². The molecular formula is C13H28N2.